The lowest BCUT2D eigenvalue weighted by molar-refractivity contribution is -0.0959. The topological polar surface area (TPSA) is 36.9 Å². The van der Waals surface area contributed by atoms with Gasteiger partial charge in [0.1, 0.15) is 0 Å². The van der Waals surface area contributed by atoms with Gasteiger partial charge in [-0.25, -0.2) is 0 Å². The molecule has 4 nitrogen and oxygen atoms in total. The highest BCUT2D eigenvalue weighted by Crippen LogP contribution is 2.35. The molecule has 0 bridgehead atoms. The molecule has 0 saturated carbocycles. The van der Waals surface area contributed by atoms with E-state index in [9.17, 15) is 0 Å². The lowest BCUT2D eigenvalue weighted by Crippen LogP contribution is -2.50. The maximum atomic E-state index is 6.48. The van der Waals surface area contributed by atoms with E-state index in [1.807, 2.05) is 12.4 Å². The Balaban J connectivity index is 1.56. The van der Waals surface area contributed by atoms with Crippen LogP contribution < -0.4 is 5.32 Å². The second-order valence-electron chi connectivity index (χ2n) is 6.23. The molecule has 3 rings (SSSR count). The number of hydrogen-bond acceptors (Lipinski definition) is 4. The summed E-state index contributed by atoms with van der Waals surface area (Å²) in [6.45, 7) is 6.64. The Hall–Kier alpha value is -0.710. The molecule has 0 aromatic rings. The number of nitrogens with zero attached hydrogens (tertiary/aromatic N) is 2. The van der Waals surface area contributed by atoms with Crippen molar-refractivity contribution in [2.24, 2.45) is 10.9 Å². The van der Waals surface area contributed by atoms with Gasteiger partial charge in [-0.2, -0.15) is 0 Å². The van der Waals surface area contributed by atoms with E-state index in [2.05, 4.69) is 21.3 Å². The molecule has 0 spiro atoms. The van der Waals surface area contributed by atoms with Crippen molar-refractivity contribution in [3.8, 4) is 0 Å². The zero-order valence-electron chi connectivity index (χ0n) is 12.4. The maximum Gasteiger partial charge on any atom is 0.0773 e. The van der Waals surface area contributed by atoms with Crippen LogP contribution >= 0.6 is 0 Å². The van der Waals surface area contributed by atoms with Crippen LogP contribution in [-0.2, 0) is 4.74 Å². The Labute approximate surface area is 122 Å². The predicted octanol–water partition coefficient (Wildman–Crippen LogP) is 1.83. The smallest absolute Gasteiger partial charge is 0.0773 e. The summed E-state index contributed by atoms with van der Waals surface area (Å²) in [5, 5.41) is 3.46. The van der Waals surface area contributed by atoms with Crippen LogP contribution in [0.5, 0.6) is 0 Å². The van der Waals surface area contributed by atoms with Gasteiger partial charge in [-0.05, 0) is 58.3 Å². The van der Waals surface area contributed by atoms with E-state index in [-0.39, 0.29) is 5.60 Å². The summed E-state index contributed by atoms with van der Waals surface area (Å²) in [6.07, 6.45) is 12.2. The van der Waals surface area contributed by atoms with E-state index in [0.29, 0.717) is 5.92 Å². The maximum absolute atomic E-state index is 6.48. The molecule has 0 aromatic carbocycles. The number of piperidine rings is 1. The number of aliphatic imine (C=N–C) groups is 1. The van der Waals surface area contributed by atoms with Gasteiger partial charge in [0, 0.05) is 24.9 Å². The van der Waals surface area contributed by atoms with E-state index in [4.69, 9.17) is 4.74 Å². The van der Waals surface area contributed by atoms with Crippen LogP contribution in [0.4, 0.5) is 0 Å². The summed E-state index contributed by atoms with van der Waals surface area (Å²) in [4.78, 5) is 6.75. The van der Waals surface area contributed by atoms with Gasteiger partial charge < -0.3 is 15.0 Å². The third kappa shape index (κ3) is 3.30. The first kappa shape index (κ1) is 14.2. The van der Waals surface area contributed by atoms with Gasteiger partial charge in [-0.1, -0.05) is 6.08 Å². The van der Waals surface area contributed by atoms with Crippen molar-refractivity contribution in [2.45, 2.75) is 37.7 Å². The molecular formula is C16H27N3O. The summed E-state index contributed by atoms with van der Waals surface area (Å²) in [6, 6.07) is 0. The molecule has 3 aliphatic rings. The fourth-order valence-corrected chi connectivity index (χ4v) is 3.71. The van der Waals surface area contributed by atoms with Crippen LogP contribution in [0.3, 0.4) is 0 Å². The molecule has 2 fully saturated rings. The minimum Gasteiger partial charge on any atom is -0.373 e. The summed E-state index contributed by atoms with van der Waals surface area (Å²) in [7, 11) is 0. The SMILES string of the molecule is C1=CC(C2(OCCN3CCCC3)CCNCC2)CC=N1. The fraction of sp³-hybridized carbons (Fsp3) is 0.812. The molecule has 0 amide bonds. The molecule has 1 N–H and O–H groups in total. The third-order valence-electron chi connectivity index (χ3n) is 4.99. The molecule has 0 aliphatic carbocycles. The predicted molar refractivity (Wildman–Crippen MR) is 82.2 cm³/mol. The molecule has 1 atom stereocenters. The molecule has 3 heterocycles. The Bertz CT molecular complexity index is 355. The first-order valence-corrected chi connectivity index (χ1v) is 8.14. The second-order valence-corrected chi connectivity index (χ2v) is 6.23. The summed E-state index contributed by atoms with van der Waals surface area (Å²) < 4.78 is 6.48. The van der Waals surface area contributed by atoms with Crippen LogP contribution in [0.1, 0.15) is 32.1 Å². The molecule has 3 aliphatic heterocycles. The average molecular weight is 277 g/mol. The van der Waals surface area contributed by atoms with Crippen LogP contribution in [0.25, 0.3) is 0 Å². The van der Waals surface area contributed by atoms with Gasteiger partial charge in [-0.15, -0.1) is 0 Å². The monoisotopic (exact) mass is 277 g/mol. The van der Waals surface area contributed by atoms with E-state index >= 15 is 0 Å². The van der Waals surface area contributed by atoms with Gasteiger partial charge >= 0.3 is 0 Å². The number of rotatable bonds is 5. The highest BCUT2D eigenvalue weighted by molar-refractivity contribution is 5.60. The van der Waals surface area contributed by atoms with E-state index in [1.54, 1.807) is 0 Å². The quantitative estimate of drug-likeness (QED) is 0.833. The first-order chi connectivity index (χ1) is 9.89. The van der Waals surface area contributed by atoms with E-state index < -0.39 is 0 Å². The van der Waals surface area contributed by atoms with Crippen LogP contribution in [0.15, 0.2) is 17.3 Å². The average Bonchev–Trinajstić information content (AvgIpc) is 3.02. The van der Waals surface area contributed by atoms with Crippen molar-refractivity contribution in [2.75, 3.05) is 39.3 Å². The summed E-state index contributed by atoms with van der Waals surface area (Å²) in [5.41, 5.74) is 0.0356. The Morgan fingerprint density at radius 2 is 2.05 bits per heavy atom. The lowest BCUT2D eigenvalue weighted by Gasteiger charge is -2.43. The highest BCUT2D eigenvalue weighted by atomic mass is 16.5. The second kappa shape index (κ2) is 6.83. The zero-order chi connectivity index (χ0) is 13.7. The molecule has 20 heavy (non-hydrogen) atoms. The molecule has 2 saturated heterocycles. The van der Waals surface area contributed by atoms with E-state index in [1.165, 1.54) is 25.9 Å². The fourth-order valence-electron chi connectivity index (χ4n) is 3.71. The van der Waals surface area contributed by atoms with Crippen LogP contribution in [0.2, 0.25) is 0 Å². The molecule has 0 aromatic heterocycles. The summed E-state index contributed by atoms with van der Waals surface area (Å²) >= 11 is 0. The van der Waals surface area contributed by atoms with Gasteiger partial charge in [0.25, 0.3) is 0 Å². The lowest BCUT2D eigenvalue weighted by atomic mass is 9.77. The minimum absolute atomic E-state index is 0.0356. The van der Waals surface area contributed by atoms with Crippen molar-refractivity contribution < 1.29 is 4.74 Å². The van der Waals surface area contributed by atoms with Gasteiger partial charge in [0.15, 0.2) is 0 Å². The van der Waals surface area contributed by atoms with E-state index in [0.717, 1.165) is 45.5 Å². The van der Waals surface area contributed by atoms with Gasteiger partial charge in [-0.3, -0.25) is 4.99 Å². The molecule has 1 unspecified atom stereocenters. The molecular weight excluding hydrogens is 250 g/mol. The largest absolute Gasteiger partial charge is 0.373 e. The first-order valence-electron chi connectivity index (χ1n) is 8.14. The number of likely N-dealkylation sites (tertiary alicyclic amines) is 1. The van der Waals surface area contributed by atoms with Crippen molar-refractivity contribution in [1.82, 2.24) is 10.2 Å². The highest BCUT2D eigenvalue weighted by Gasteiger charge is 2.39. The number of nitrogens with one attached hydrogen (secondary N) is 1. The number of hydrogen-bond donors (Lipinski definition) is 1. The van der Waals surface area contributed by atoms with Crippen LogP contribution in [-0.4, -0.2) is 56.0 Å². The van der Waals surface area contributed by atoms with Gasteiger partial charge in [0.2, 0.25) is 0 Å². The standard InChI is InChI=1S/C16H27N3O/c1-2-12-19(11-1)13-14-20-16(5-9-18-10-6-16)15-3-7-17-8-4-15/h3,7-8,15,18H,1-2,4-6,9-14H2. The Morgan fingerprint density at radius 1 is 1.25 bits per heavy atom. The summed E-state index contributed by atoms with van der Waals surface area (Å²) in [5.74, 6) is 0.501. The Kier molecular flexibility index (Phi) is 4.86. The van der Waals surface area contributed by atoms with Crippen LogP contribution in [0, 0.1) is 5.92 Å². The van der Waals surface area contributed by atoms with Crippen molar-refractivity contribution >= 4 is 6.21 Å². The number of ether oxygens (including phenoxy) is 1. The van der Waals surface area contributed by atoms with Crippen molar-refractivity contribution in [3.05, 3.63) is 12.3 Å². The normalized spacial score (nSPS) is 29.9. The molecule has 0 radical (unpaired) electrons. The molecule has 112 valence electrons. The van der Waals surface area contributed by atoms with Crippen molar-refractivity contribution in [1.29, 1.82) is 0 Å². The molecule has 4 heteroatoms. The minimum atomic E-state index is 0.0356. The third-order valence-corrected chi connectivity index (χ3v) is 4.99. The van der Waals surface area contributed by atoms with Crippen molar-refractivity contribution in [3.63, 3.8) is 0 Å². The Morgan fingerprint density at radius 3 is 2.75 bits per heavy atom. The zero-order valence-corrected chi connectivity index (χ0v) is 12.4. The van der Waals surface area contributed by atoms with Gasteiger partial charge in [0.05, 0.1) is 12.2 Å².